The van der Waals surface area contributed by atoms with Gasteiger partial charge in [-0.2, -0.15) is 5.10 Å². The van der Waals surface area contributed by atoms with Crippen molar-refractivity contribution >= 4 is 5.91 Å². The van der Waals surface area contributed by atoms with Crippen molar-refractivity contribution in [2.45, 2.75) is 6.54 Å². The maximum absolute atomic E-state index is 13.1. The molecule has 4 nitrogen and oxygen atoms in total. The van der Waals surface area contributed by atoms with E-state index in [2.05, 4.69) is 15.5 Å². The zero-order valence-corrected chi connectivity index (χ0v) is 12.0. The van der Waals surface area contributed by atoms with Gasteiger partial charge in [0.1, 0.15) is 11.6 Å². The van der Waals surface area contributed by atoms with Gasteiger partial charge in [-0.25, -0.2) is 8.78 Å². The highest BCUT2D eigenvalue weighted by molar-refractivity contribution is 5.99. The first-order chi connectivity index (χ1) is 11.1. The Hall–Kier alpha value is -3.02. The first-order valence-corrected chi connectivity index (χ1v) is 6.95. The summed E-state index contributed by atoms with van der Waals surface area (Å²) >= 11 is 0. The molecule has 0 aliphatic carbocycles. The van der Waals surface area contributed by atoms with E-state index in [0.717, 1.165) is 11.6 Å². The molecule has 0 aliphatic rings. The molecule has 0 saturated heterocycles. The highest BCUT2D eigenvalue weighted by Gasteiger charge is 2.15. The molecule has 1 aromatic heterocycles. The molecule has 116 valence electrons. The van der Waals surface area contributed by atoms with Gasteiger partial charge in [0.05, 0.1) is 17.5 Å². The fourth-order valence-electron chi connectivity index (χ4n) is 2.27. The van der Waals surface area contributed by atoms with Gasteiger partial charge in [-0.05, 0) is 17.7 Å². The van der Waals surface area contributed by atoms with Crippen molar-refractivity contribution < 1.29 is 13.6 Å². The highest BCUT2D eigenvalue weighted by atomic mass is 19.1. The fourth-order valence-corrected chi connectivity index (χ4v) is 2.27. The summed E-state index contributed by atoms with van der Waals surface area (Å²) in [6.07, 6.45) is 1.42. The molecule has 0 radical (unpaired) electrons. The van der Waals surface area contributed by atoms with Crippen LogP contribution in [0.5, 0.6) is 0 Å². The lowest BCUT2D eigenvalue weighted by atomic mass is 10.1. The van der Waals surface area contributed by atoms with Gasteiger partial charge in [-0.15, -0.1) is 0 Å². The topological polar surface area (TPSA) is 57.8 Å². The minimum absolute atomic E-state index is 0.0208. The summed E-state index contributed by atoms with van der Waals surface area (Å²) in [6.45, 7) is 0.0208. The second kappa shape index (κ2) is 6.39. The Labute approximate surface area is 131 Å². The molecule has 6 heteroatoms. The lowest BCUT2D eigenvalue weighted by Crippen LogP contribution is -2.23. The second-order valence-corrected chi connectivity index (χ2v) is 4.99. The SMILES string of the molecule is O=C(NCc1cc(F)cc(F)c1)c1cn[nH]c1-c1ccccc1. The highest BCUT2D eigenvalue weighted by Crippen LogP contribution is 2.20. The number of rotatable bonds is 4. The smallest absolute Gasteiger partial charge is 0.255 e. The van der Waals surface area contributed by atoms with Crippen LogP contribution in [-0.4, -0.2) is 16.1 Å². The Kier molecular flexibility index (Phi) is 4.14. The number of nitrogens with zero attached hydrogens (tertiary/aromatic N) is 1. The summed E-state index contributed by atoms with van der Waals surface area (Å²) in [7, 11) is 0. The number of aromatic amines is 1. The number of halogens is 2. The van der Waals surface area contributed by atoms with Crippen LogP contribution in [0, 0.1) is 11.6 Å². The van der Waals surface area contributed by atoms with Gasteiger partial charge in [0.2, 0.25) is 0 Å². The average Bonchev–Trinajstić information content (AvgIpc) is 3.02. The van der Waals surface area contributed by atoms with Gasteiger partial charge in [-0.3, -0.25) is 9.89 Å². The molecule has 23 heavy (non-hydrogen) atoms. The van der Waals surface area contributed by atoms with E-state index < -0.39 is 11.6 Å². The van der Waals surface area contributed by atoms with Crippen LogP contribution in [0.4, 0.5) is 8.78 Å². The van der Waals surface area contributed by atoms with E-state index in [4.69, 9.17) is 0 Å². The molecule has 2 aromatic carbocycles. The van der Waals surface area contributed by atoms with E-state index in [1.165, 1.54) is 18.3 Å². The maximum Gasteiger partial charge on any atom is 0.255 e. The predicted octanol–water partition coefficient (Wildman–Crippen LogP) is 3.28. The van der Waals surface area contributed by atoms with Gasteiger partial charge >= 0.3 is 0 Å². The zero-order valence-electron chi connectivity index (χ0n) is 12.0. The van der Waals surface area contributed by atoms with E-state index in [-0.39, 0.29) is 12.5 Å². The number of nitrogens with one attached hydrogen (secondary N) is 2. The predicted molar refractivity (Wildman–Crippen MR) is 81.6 cm³/mol. The van der Waals surface area contributed by atoms with Gasteiger partial charge < -0.3 is 5.32 Å². The summed E-state index contributed by atoms with van der Waals surface area (Å²) in [5.74, 6) is -1.73. The van der Waals surface area contributed by atoms with E-state index in [9.17, 15) is 13.6 Å². The summed E-state index contributed by atoms with van der Waals surface area (Å²) in [5, 5.41) is 9.32. The summed E-state index contributed by atoms with van der Waals surface area (Å²) in [6, 6.07) is 12.4. The molecule has 0 aliphatic heterocycles. The number of hydrogen-bond acceptors (Lipinski definition) is 2. The lowest BCUT2D eigenvalue weighted by molar-refractivity contribution is 0.0951. The summed E-state index contributed by atoms with van der Waals surface area (Å²) < 4.78 is 26.3. The lowest BCUT2D eigenvalue weighted by Gasteiger charge is -2.06. The number of H-pyrrole nitrogens is 1. The molecule has 0 spiro atoms. The van der Waals surface area contributed by atoms with Crippen molar-refractivity contribution in [1.29, 1.82) is 0 Å². The van der Waals surface area contributed by atoms with Crippen molar-refractivity contribution in [3.05, 3.63) is 77.5 Å². The second-order valence-electron chi connectivity index (χ2n) is 4.99. The third-order valence-corrected chi connectivity index (χ3v) is 3.32. The van der Waals surface area contributed by atoms with Crippen LogP contribution in [0.3, 0.4) is 0 Å². The maximum atomic E-state index is 13.1. The zero-order chi connectivity index (χ0) is 16.2. The Balaban J connectivity index is 1.76. The largest absolute Gasteiger partial charge is 0.348 e. The van der Waals surface area contributed by atoms with Crippen LogP contribution in [0.15, 0.2) is 54.7 Å². The van der Waals surface area contributed by atoms with Crippen LogP contribution in [0.2, 0.25) is 0 Å². The van der Waals surface area contributed by atoms with Gasteiger partial charge in [-0.1, -0.05) is 30.3 Å². The third-order valence-electron chi connectivity index (χ3n) is 3.32. The van der Waals surface area contributed by atoms with Gasteiger partial charge in [0.15, 0.2) is 0 Å². The quantitative estimate of drug-likeness (QED) is 0.776. The summed E-state index contributed by atoms with van der Waals surface area (Å²) in [4.78, 5) is 12.3. The molecule has 3 rings (SSSR count). The molecular formula is C17H13F2N3O. The van der Waals surface area contributed by atoms with Crippen LogP contribution >= 0.6 is 0 Å². The Morgan fingerprint density at radius 3 is 2.48 bits per heavy atom. The standard InChI is InChI=1S/C17H13F2N3O/c18-13-6-11(7-14(19)8-13)9-20-17(23)15-10-21-22-16(15)12-4-2-1-3-5-12/h1-8,10H,9H2,(H,20,23)(H,21,22). The molecule has 0 atom stereocenters. The third kappa shape index (κ3) is 3.42. The molecule has 3 aromatic rings. The first-order valence-electron chi connectivity index (χ1n) is 6.95. The molecule has 1 heterocycles. The monoisotopic (exact) mass is 313 g/mol. The first kappa shape index (κ1) is 14.9. The van der Waals surface area contributed by atoms with Crippen LogP contribution in [-0.2, 0) is 6.54 Å². The normalized spacial score (nSPS) is 10.5. The number of benzene rings is 2. The van der Waals surface area contributed by atoms with E-state index >= 15 is 0 Å². The Morgan fingerprint density at radius 2 is 1.78 bits per heavy atom. The Bertz CT molecular complexity index is 811. The van der Waals surface area contributed by atoms with Crippen LogP contribution in [0.25, 0.3) is 11.3 Å². The fraction of sp³-hybridized carbons (Fsp3) is 0.0588. The van der Waals surface area contributed by atoms with Crippen molar-refractivity contribution in [2.75, 3.05) is 0 Å². The van der Waals surface area contributed by atoms with E-state index in [1.54, 1.807) is 0 Å². The van der Waals surface area contributed by atoms with E-state index in [1.807, 2.05) is 30.3 Å². The average molecular weight is 313 g/mol. The minimum atomic E-state index is -0.678. The van der Waals surface area contributed by atoms with E-state index in [0.29, 0.717) is 16.8 Å². The molecule has 0 saturated carbocycles. The van der Waals surface area contributed by atoms with Crippen molar-refractivity contribution in [3.8, 4) is 11.3 Å². The number of hydrogen-bond donors (Lipinski definition) is 2. The van der Waals surface area contributed by atoms with Crippen molar-refractivity contribution in [1.82, 2.24) is 15.5 Å². The molecule has 2 N–H and O–H groups in total. The molecular weight excluding hydrogens is 300 g/mol. The minimum Gasteiger partial charge on any atom is -0.348 e. The summed E-state index contributed by atoms with van der Waals surface area (Å²) in [5.41, 5.74) is 2.13. The number of carbonyl (C=O) groups is 1. The molecule has 1 amide bonds. The van der Waals surface area contributed by atoms with Gasteiger partial charge in [0, 0.05) is 18.2 Å². The molecule has 0 bridgehead atoms. The number of carbonyl (C=O) groups excluding carboxylic acids is 1. The number of amides is 1. The van der Waals surface area contributed by atoms with Crippen LogP contribution in [0.1, 0.15) is 15.9 Å². The molecule has 0 unspecified atom stereocenters. The number of aromatic nitrogens is 2. The Morgan fingerprint density at radius 1 is 1.09 bits per heavy atom. The van der Waals surface area contributed by atoms with Crippen LogP contribution < -0.4 is 5.32 Å². The van der Waals surface area contributed by atoms with Crippen molar-refractivity contribution in [2.24, 2.45) is 0 Å². The van der Waals surface area contributed by atoms with Gasteiger partial charge in [0.25, 0.3) is 5.91 Å². The van der Waals surface area contributed by atoms with Crippen molar-refractivity contribution in [3.63, 3.8) is 0 Å². The molecule has 0 fully saturated rings.